The molecule has 3 aromatic heterocycles. The molecule has 66 heavy (non-hydrogen) atoms. The van der Waals surface area contributed by atoms with Crippen LogP contribution in [0.25, 0.3) is 138 Å². The van der Waals surface area contributed by atoms with E-state index in [0.29, 0.717) is 17.5 Å². The molecule has 11 aromatic carbocycles. The number of furan rings is 1. The molecule has 0 aliphatic carbocycles. The Morgan fingerprint density at radius 2 is 0.909 bits per heavy atom. The summed E-state index contributed by atoms with van der Waals surface area (Å²) in [5, 5.41) is 13.9. The van der Waals surface area contributed by atoms with Crippen molar-refractivity contribution in [3.05, 3.63) is 218 Å². The van der Waals surface area contributed by atoms with Crippen molar-refractivity contribution in [3.8, 4) is 51.0 Å². The summed E-state index contributed by atoms with van der Waals surface area (Å²) >= 11 is 0. The van der Waals surface area contributed by atoms with Crippen molar-refractivity contribution in [2.75, 3.05) is 0 Å². The van der Waals surface area contributed by atoms with Crippen molar-refractivity contribution in [1.29, 1.82) is 0 Å². The first-order valence-electron chi connectivity index (χ1n) is 22.3. The Kier molecular flexibility index (Phi) is 7.91. The van der Waals surface area contributed by atoms with Gasteiger partial charge in [-0.25, -0.2) is 15.0 Å². The van der Waals surface area contributed by atoms with Crippen LogP contribution in [0.4, 0.5) is 0 Å². The van der Waals surface area contributed by atoms with Gasteiger partial charge in [0.05, 0.1) is 16.6 Å². The van der Waals surface area contributed by atoms with Gasteiger partial charge in [0.1, 0.15) is 11.2 Å². The van der Waals surface area contributed by atoms with E-state index in [-0.39, 0.29) is 0 Å². The van der Waals surface area contributed by atoms with E-state index < -0.39 is 0 Å². The Morgan fingerprint density at radius 1 is 0.318 bits per heavy atom. The first kappa shape index (κ1) is 36.5. The van der Waals surface area contributed by atoms with Gasteiger partial charge in [0.25, 0.3) is 0 Å². The smallest absolute Gasteiger partial charge is 0.167 e. The fourth-order valence-electron chi connectivity index (χ4n) is 10.2. The van der Waals surface area contributed by atoms with Crippen LogP contribution < -0.4 is 0 Å². The predicted octanol–water partition coefficient (Wildman–Crippen LogP) is 16.1. The highest BCUT2D eigenvalue weighted by atomic mass is 16.3. The topological polar surface area (TPSA) is 56.7 Å². The van der Waals surface area contributed by atoms with Crippen LogP contribution >= 0.6 is 0 Å². The summed E-state index contributed by atoms with van der Waals surface area (Å²) in [5.41, 5.74) is 9.89. The molecule has 0 atom stereocenters. The van der Waals surface area contributed by atoms with E-state index >= 15 is 0 Å². The van der Waals surface area contributed by atoms with E-state index in [0.717, 1.165) is 77.0 Å². The fourth-order valence-corrected chi connectivity index (χ4v) is 10.2. The minimum Gasteiger partial charge on any atom is -0.455 e. The van der Waals surface area contributed by atoms with Gasteiger partial charge in [-0.3, -0.25) is 0 Å². The molecule has 306 valence electrons. The average Bonchev–Trinajstić information content (AvgIpc) is 3.93. The second-order valence-corrected chi connectivity index (χ2v) is 17.2. The molecule has 0 aliphatic rings. The molecule has 0 spiro atoms. The molecule has 0 saturated heterocycles. The van der Waals surface area contributed by atoms with Crippen molar-refractivity contribution >= 4 is 86.8 Å². The Morgan fingerprint density at radius 3 is 1.76 bits per heavy atom. The number of hydrogen-bond acceptors (Lipinski definition) is 4. The molecule has 3 heterocycles. The van der Waals surface area contributed by atoms with Crippen molar-refractivity contribution in [2.24, 2.45) is 0 Å². The highest BCUT2D eigenvalue weighted by Crippen LogP contribution is 2.42. The zero-order valence-electron chi connectivity index (χ0n) is 35.5. The second-order valence-electron chi connectivity index (χ2n) is 17.2. The number of benzene rings is 11. The van der Waals surface area contributed by atoms with Crippen molar-refractivity contribution < 1.29 is 4.42 Å². The molecule has 14 rings (SSSR count). The molecule has 5 heteroatoms. The zero-order chi connectivity index (χ0) is 43.3. The van der Waals surface area contributed by atoms with E-state index in [2.05, 4.69) is 217 Å². The van der Waals surface area contributed by atoms with E-state index in [1.807, 2.05) is 6.07 Å². The van der Waals surface area contributed by atoms with Crippen LogP contribution in [0.3, 0.4) is 0 Å². The lowest BCUT2D eigenvalue weighted by Crippen LogP contribution is -2.00. The maximum atomic E-state index is 6.92. The second kappa shape index (κ2) is 14.3. The van der Waals surface area contributed by atoms with Crippen LogP contribution in [0.15, 0.2) is 223 Å². The molecular formula is C61H36N4O. The number of fused-ring (bicyclic) bond motifs is 12. The van der Waals surface area contributed by atoms with E-state index in [1.54, 1.807) is 0 Å². The summed E-state index contributed by atoms with van der Waals surface area (Å²) in [6.45, 7) is 0. The number of para-hydroxylation sites is 2. The third kappa shape index (κ3) is 5.70. The molecule has 14 aromatic rings. The number of aromatic nitrogens is 4. The minimum atomic E-state index is 0.548. The average molecular weight is 841 g/mol. The predicted molar refractivity (Wildman–Crippen MR) is 273 cm³/mol. The van der Waals surface area contributed by atoms with Crippen LogP contribution in [0.2, 0.25) is 0 Å². The summed E-state index contributed by atoms with van der Waals surface area (Å²) in [6.07, 6.45) is 0. The lowest BCUT2D eigenvalue weighted by molar-refractivity contribution is 0.670. The number of rotatable bonds is 5. The highest BCUT2D eigenvalue weighted by Gasteiger charge is 2.21. The van der Waals surface area contributed by atoms with Crippen LogP contribution in [0, 0.1) is 0 Å². The van der Waals surface area contributed by atoms with Gasteiger partial charge in [-0.2, -0.15) is 0 Å². The monoisotopic (exact) mass is 840 g/mol. The van der Waals surface area contributed by atoms with Gasteiger partial charge in [-0.1, -0.05) is 170 Å². The van der Waals surface area contributed by atoms with Crippen molar-refractivity contribution in [1.82, 2.24) is 19.5 Å². The summed E-state index contributed by atoms with van der Waals surface area (Å²) in [7, 11) is 0. The van der Waals surface area contributed by atoms with E-state index in [4.69, 9.17) is 19.4 Å². The van der Waals surface area contributed by atoms with Gasteiger partial charge >= 0.3 is 0 Å². The molecule has 5 nitrogen and oxygen atoms in total. The maximum Gasteiger partial charge on any atom is 0.167 e. The lowest BCUT2D eigenvalue weighted by atomic mass is 9.99. The van der Waals surface area contributed by atoms with Crippen molar-refractivity contribution in [3.63, 3.8) is 0 Å². The van der Waals surface area contributed by atoms with E-state index in [9.17, 15) is 0 Å². The first-order chi connectivity index (χ1) is 32.7. The van der Waals surface area contributed by atoms with Gasteiger partial charge in [0.15, 0.2) is 17.5 Å². The molecule has 0 bridgehead atoms. The summed E-state index contributed by atoms with van der Waals surface area (Å²) < 4.78 is 9.32. The Bertz CT molecular complexity index is 4280. The summed E-state index contributed by atoms with van der Waals surface area (Å²) in [4.78, 5) is 15.7. The number of hydrogen-bond donors (Lipinski definition) is 0. The van der Waals surface area contributed by atoms with Gasteiger partial charge in [0.2, 0.25) is 0 Å². The van der Waals surface area contributed by atoms with Crippen LogP contribution in [0.1, 0.15) is 0 Å². The first-order valence-corrected chi connectivity index (χ1v) is 22.3. The standard InChI is InChI=1S/C61H36N4O/c1-2-11-37(12-3-1)38-21-26-42(27-22-38)59-62-60(45-28-25-40-24-23-39-13-6-7-16-47(39)51(40)34-45)64-61(63-59)50-19-10-18-49-57-52-36-46(31-29-41(52)30-32-56(57)66-58(49)50)65-54-20-9-8-17-48(54)53-33-43-14-4-5-15-44(43)35-55(53)65/h1-36H. The molecule has 0 radical (unpaired) electrons. The maximum absolute atomic E-state index is 6.92. The molecule has 0 aliphatic heterocycles. The van der Waals surface area contributed by atoms with Crippen LogP contribution in [-0.4, -0.2) is 19.5 Å². The summed E-state index contributed by atoms with van der Waals surface area (Å²) in [6, 6.07) is 77.6. The van der Waals surface area contributed by atoms with Gasteiger partial charge < -0.3 is 8.98 Å². The summed E-state index contributed by atoms with van der Waals surface area (Å²) in [5.74, 6) is 1.74. The van der Waals surface area contributed by atoms with Crippen LogP contribution in [-0.2, 0) is 0 Å². The molecule has 0 amide bonds. The zero-order valence-corrected chi connectivity index (χ0v) is 35.5. The SMILES string of the molecule is c1ccc(-c2ccc(-c3nc(-c4ccc5ccc6ccccc6c5c4)nc(-c4cccc5c4oc4ccc6ccc(-n7c8ccccc8c8cc9ccccc9cc87)cc6c45)n3)cc2)cc1. The Hall–Kier alpha value is -8.93. The van der Waals surface area contributed by atoms with Gasteiger partial charge in [-0.05, 0) is 103 Å². The quantitative estimate of drug-likeness (QED) is 0.162. The Balaban J connectivity index is 0.968. The Labute approximate surface area is 378 Å². The molecule has 0 fully saturated rings. The third-order valence-electron chi connectivity index (χ3n) is 13.4. The molecule has 0 N–H and O–H groups in total. The lowest BCUT2D eigenvalue weighted by Gasteiger charge is -2.11. The fraction of sp³-hybridized carbons (Fsp3) is 0. The molecular weight excluding hydrogens is 805 g/mol. The number of nitrogens with zero attached hydrogens (tertiary/aromatic N) is 4. The normalized spacial score (nSPS) is 11.9. The van der Waals surface area contributed by atoms with Gasteiger partial charge in [0, 0.05) is 38.4 Å². The van der Waals surface area contributed by atoms with Gasteiger partial charge in [-0.15, -0.1) is 0 Å². The highest BCUT2D eigenvalue weighted by molar-refractivity contribution is 6.21. The molecule has 0 saturated carbocycles. The van der Waals surface area contributed by atoms with Crippen molar-refractivity contribution in [2.45, 2.75) is 0 Å². The third-order valence-corrected chi connectivity index (χ3v) is 13.4. The largest absolute Gasteiger partial charge is 0.455 e. The molecule has 0 unspecified atom stereocenters. The minimum absolute atomic E-state index is 0.548. The van der Waals surface area contributed by atoms with E-state index in [1.165, 1.54) is 43.4 Å². The van der Waals surface area contributed by atoms with Crippen LogP contribution in [0.5, 0.6) is 0 Å².